The summed E-state index contributed by atoms with van der Waals surface area (Å²) in [6.07, 6.45) is 1.84. The van der Waals surface area contributed by atoms with Gasteiger partial charge in [0.15, 0.2) is 0 Å². The van der Waals surface area contributed by atoms with Gasteiger partial charge in [0.05, 0.1) is 6.61 Å². The number of rotatable bonds is 5. The molecule has 2 rings (SSSR count). The first-order chi connectivity index (χ1) is 7.81. The maximum atomic E-state index is 5.08. The van der Waals surface area contributed by atoms with Crippen molar-refractivity contribution in [1.82, 2.24) is 9.88 Å². The molecule has 0 radical (unpaired) electrons. The SMILES string of the molecule is COCCN(C)C1CN(c2ccccn2)C1. The summed E-state index contributed by atoms with van der Waals surface area (Å²) in [5, 5.41) is 0. The Hall–Kier alpha value is -1.13. The highest BCUT2D eigenvalue weighted by atomic mass is 16.5. The summed E-state index contributed by atoms with van der Waals surface area (Å²) in [5.41, 5.74) is 0. The number of anilines is 1. The second kappa shape index (κ2) is 5.27. The fourth-order valence-electron chi connectivity index (χ4n) is 1.88. The van der Waals surface area contributed by atoms with Crippen LogP contribution < -0.4 is 4.90 Å². The monoisotopic (exact) mass is 221 g/mol. The van der Waals surface area contributed by atoms with E-state index >= 15 is 0 Å². The Bertz CT molecular complexity index is 311. The van der Waals surface area contributed by atoms with E-state index in [-0.39, 0.29) is 0 Å². The molecule has 0 N–H and O–H groups in total. The third-order valence-corrected chi connectivity index (χ3v) is 3.11. The molecule has 1 aliphatic rings. The van der Waals surface area contributed by atoms with E-state index in [2.05, 4.69) is 27.9 Å². The quantitative estimate of drug-likeness (QED) is 0.737. The Morgan fingerprint density at radius 1 is 1.50 bits per heavy atom. The van der Waals surface area contributed by atoms with Gasteiger partial charge in [-0.1, -0.05) is 6.07 Å². The number of ether oxygens (including phenoxy) is 1. The van der Waals surface area contributed by atoms with Crippen LogP contribution in [0.1, 0.15) is 0 Å². The molecular weight excluding hydrogens is 202 g/mol. The minimum atomic E-state index is 0.636. The predicted molar refractivity (Wildman–Crippen MR) is 64.7 cm³/mol. The van der Waals surface area contributed by atoms with E-state index in [0.717, 1.165) is 32.1 Å². The number of likely N-dealkylation sites (N-methyl/N-ethyl adjacent to an activating group) is 1. The number of pyridine rings is 1. The second-order valence-corrected chi connectivity index (χ2v) is 4.22. The van der Waals surface area contributed by atoms with Crippen molar-refractivity contribution in [3.05, 3.63) is 24.4 Å². The van der Waals surface area contributed by atoms with Gasteiger partial charge < -0.3 is 9.64 Å². The lowest BCUT2D eigenvalue weighted by Gasteiger charge is -2.44. The highest BCUT2D eigenvalue weighted by molar-refractivity contribution is 5.41. The lowest BCUT2D eigenvalue weighted by atomic mass is 10.1. The van der Waals surface area contributed by atoms with Crippen molar-refractivity contribution in [3.63, 3.8) is 0 Å². The summed E-state index contributed by atoms with van der Waals surface area (Å²) < 4.78 is 5.08. The van der Waals surface area contributed by atoms with E-state index in [4.69, 9.17) is 4.74 Å². The molecule has 16 heavy (non-hydrogen) atoms. The lowest BCUT2D eigenvalue weighted by Crippen LogP contribution is -2.59. The molecular formula is C12H19N3O. The maximum Gasteiger partial charge on any atom is 0.128 e. The van der Waals surface area contributed by atoms with E-state index in [1.54, 1.807) is 7.11 Å². The van der Waals surface area contributed by atoms with Gasteiger partial charge in [0.1, 0.15) is 5.82 Å². The number of hydrogen-bond donors (Lipinski definition) is 0. The van der Waals surface area contributed by atoms with Crippen molar-refractivity contribution in [3.8, 4) is 0 Å². The van der Waals surface area contributed by atoms with Crippen LogP contribution in [0.3, 0.4) is 0 Å². The highest BCUT2D eigenvalue weighted by Gasteiger charge is 2.30. The van der Waals surface area contributed by atoms with Crippen molar-refractivity contribution in [1.29, 1.82) is 0 Å². The van der Waals surface area contributed by atoms with Gasteiger partial charge in [-0.2, -0.15) is 0 Å². The molecule has 1 aliphatic heterocycles. The summed E-state index contributed by atoms with van der Waals surface area (Å²) in [7, 11) is 3.90. The first-order valence-corrected chi connectivity index (χ1v) is 5.66. The molecule has 0 saturated carbocycles. The Labute approximate surface area is 96.8 Å². The van der Waals surface area contributed by atoms with E-state index in [0.29, 0.717) is 6.04 Å². The lowest BCUT2D eigenvalue weighted by molar-refractivity contribution is 0.127. The summed E-state index contributed by atoms with van der Waals surface area (Å²) in [5.74, 6) is 1.08. The minimum absolute atomic E-state index is 0.636. The number of aromatic nitrogens is 1. The fraction of sp³-hybridized carbons (Fsp3) is 0.583. The largest absolute Gasteiger partial charge is 0.383 e. The van der Waals surface area contributed by atoms with Gasteiger partial charge in [-0.3, -0.25) is 4.90 Å². The molecule has 1 fully saturated rings. The molecule has 0 atom stereocenters. The maximum absolute atomic E-state index is 5.08. The normalized spacial score (nSPS) is 16.6. The van der Waals surface area contributed by atoms with Crippen molar-refractivity contribution in [2.75, 3.05) is 45.3 Å². The van der Waals surface area contributed by atoms with Crippen LogP contribution in [0.25, 0.3) is 0 Å². The predicted octanol–water partition coefficient (Wildman–Crippen LogP) is 0.848. The first kappa shape index (κ1) is 11.4. The molecule has 0 aromatic carbocycles. The van der Waals surface area contributed by atoms with E-state index in [9.17, 15) is 0 Å². The molecule has 4 heteroatoms. The average molecular weight is 221 g/mol. The first-order valence-electron chi connectivity index (χ1n) is 5.66. The standard InChI is InChI=1S/C12H19N3O/c1-14(7-8-16-2)11-9-15(10-11)12-5-3-4-6-13-12/h3-6,11H,7-10H2,1-2H3. The molecule has 1 aromatic heterocycles. The van der Waals surface area contributed by atoms with Crippen molar-refractivity contribution < 1.29 is 4.74 Å². The van der Waals surface area contributed by atoms with E-state index in [1.807, 2.05) is 18.3 Å². The summed E-state index contributed by atoms with van der Waals surface area (Å²) >= 11 is 0. The van der Waals surface area contributed by atoms with Crippen LogP contribution >= 0.6 is 0 Å². The number of hydrogen-bond acceptors (Lipinski definition) is 4. The fourth-order valence-corrected chi connectivity index (χ4v) is 1.88. The zero-order valence-electron chi connectivity index (χ0n) is 9.97. The van der Waals surface area contributed by atoms with Gasteiger partial charge in [-0.15, -0.1) is 0 Å². The Balaban J connectivity index is 1.77. The van der Waals surface area contributed by atoms with Crippen molar-refractivity contribution in [2.24, 2.45) is 0 Å². The van der Waals surface area contributed by atoms with Crippen LogP contribution in [-0.4, -0.2) is 56.3 Å². The zero-order chi connectivity index (χ0) is 11.4. The minimum Gasteiger partial charge on any atom is -0.383 e. The Morgan fingerprint density at radius 2 is 2.31 bits per heavy atom. The molecule has 1 saturated heterocycles. The van der Waals surface area contributed by atoms with Gasteiger partial charge in [0.25, 0.3) is 0 Å². The van der Waals surface area contributed by atoms with Crippen LogP contribution in [0.5, 0.6) is 0 Å². The molecule has 1 aromatic rings. The molecule has 0 amide bonds. The third-order valence-electron chi connectivity index (χ3n) is 3.11. The topological polar surface area (TPSA) is 28.6 Å². The highest BCUT2D eigenvalue weighted by Crippen LogP contribution is 2.20. The molecule has 88 valence electrons. The van der Waals surface area contributed by atoms with Crippen LogP contribution in [0.2, 0.25) is 0 Å². The smallest absolute Gasteiger partial charge is 0.128 e. The third kappa shape index (κ3) is 2.51. The van der Waals surface area contributed by atoms with Crippen LogP contribution in [0, 0.1) is 0 Å². The molecule has 0 spiro atoms. The van der Waals surface area contributed by atoms with Gasteiger partial charge in [0, 0.05) is 39.0 Å². The van der Waals surface area contributed by atoms with E-state index < -0.39 is 0 Å². The van der Waals surface area contributed by atoms with Crippen LogP contribution in [-0.2, 0) is 4.74 Å². The summed E-state index contributed by atoms with van der Waals surface area (Å²) in [4.78, 5) is 8.99. The van der Waals surface area contributed by atoms with Crippen LogP contribution in [0.4, 0.5) is 5.82 Å². The zero-order valence-corrected chi connectivity index (χ0v) is 9.97. The second-order valence-electron chi connectivity index (χ2n) is 4.22. The van der Waals surface area contributed by atoms with Crippen molar-refractivity contribution >= 4 is 5.82 Å². The Morgan fingerprint density at radius 3 is 2.94 bits per heavy atom. The number of methoxy groups -OCH3 is 1. The Kier molecular flexibility index (Phi) is 3.74. The summed E-state index contributed by atoms with van der Waals surface area (Å²) in [6.45, 7) is 3.93. The van der Waals surface area contributed by atoms with Gasteiger partial charge in [0.2, 0.25) is 0 Å². The molecule has 0 bridgehead atoms. The molecule has 0 aliphatic carbocycles. The van der Waals surface area contributed by atoms with Gasteiger partial charge in [-0.25, -0.2) is 4.98 Å². The molecule has 0 unspecified atom stereocenters. The molecule has 4 nitrogen and oxygen atoms in total. The molecule has 2 heterocycles. The van der Waals surface area contributed by atoms with E-state index in [1.165, 1.54) is 0 Å². The van der Waals surface area contributed by atoms with Crippen LogP contribution in [0.15, 0.2) is 24.4 Å². The number of nitrogens with zero attached hydrogens (tertiary/aromatic N) is 3. The van der Waals surface area contributed by atoms with Crippen molar-refractivity contribution in [2.45, 2.75) is 6.04 Å². The average Bonchev–Trinajstić information content (AvgIpc) is 2.26. The van der Waals surface area contributed by atoms with Gasteiger partial charge >= 0.3 is 0 Å². The van der Waals surface area contributed by atoms with Gasteiger partial charge in [-0.05, 0) is 19.2 Å². The summed E-state index contributed by atoms with van der Waals surface area (Å²) in [6, 6.07) is 6.68.